The molecule has 5 heteroatoms. The molecule has 1 amide bonds. The van der Waals surface area contributed by atoms with E-state index in [-0.39, 0.29) is 12.5 Å². The van der Waals surface area contributed by atoms with E-state index < -0.39 is 0 Å². The van der Waals surface area contributed by atoms with Crippen molar-refractivity contribution in [3.05, 3.63) is 0 Å². The normalized spacial score (nSPS) is 9.43. The maximum Gasteiger partial charge on any atom is 0.246 e. The molecule has 0 saturated carbocycles. The van der Waals surface area contributed by atoms with Crippen LogP contribution in [0.1, 0.15) is 13.3 Å². The molecule has 0 aromatic carbocycles. The molecule has 0 aromatic heterocycles. The van der Waals surface area contributed by atoms with Crippen LogP contribution in [0.15, 0.2) is 0 Å². The molecule has 80 valence electrons. The first-order valence-corrected chi connectivity index (χ1v) is 4.73. The van der Waals surface area contributed by atoms with Crippen molar-refractivity contribution < 1.29 is 9.53 Å². The van der Waals surface area contributed by atoms with E-state index in [1.54, 1.807) is 0 Å². The molecule has 5 nitrogen and oxygen atoms in total. The summed E-state index contributed by atoms with van der Waals surface area (Å²) in [4.78, 5) is 11.0. The topological polar surface area (TPSA) is 74.2 Å². The van der Waals surface area contributed by atoms with Gasteiger partial charge < -0.3 is 15.4 Å². The van der Waals surface area contributed by atoms with Crippen molar-refractivity contribution in [2.24, 2.45) is 0 Å². The Balaban J connectivity index is 3.15. The van der Waals surface area contributed by atoms with Gasteiger partial charge in [-0.2, -0.15) is 5.26 Å². The predicted octanol–water partition coefficient (Wildman–Crippen LogP) is -0.358. The minimum Gasteiger partial charge on any atom is -0.370 e. The Kier molecular flexibility index (Phi) is 9.17. The lowest BCUT2D eigenvalue weighted by atomic mass is 10.4. The highest BCUT2D eigenvalue weighted by atomic mass is 16.5. The number of ether oxygens (including phenoxy) is 1. The standard InChI is InChI=1S/C9H17N3O2/c1-2-11-6-7-14-8-9(13)12-5-3-4-10/h11H,2-3,5-8H2,1H3,(H,12,13). The van der Waals surface area contributed by atoms with E-state index >= 15 is 0 Å². The second-order valence-electron chi connectivity index (χ2n) is 2.66. The first-order valence-electron chi connectivity index (χ1n) is 4.73. The molecular formula is C9H17N3O2. The smallest absolute Gasteiger partial charge is 0.246 e. The third-order valence-electron chi connectivity index (χ3n) is 1.47. The molecule has 0 radical (unpaired) electrons. The predicted molar refractivity (Wildman–Crippen MR) is 52.6 cm³/mol. The first kappa shape index (κ1) is 12.9. The van der Waals surface area contributed by atoms with Crippen molar-refractivity contribution in [3.8, 4) is 6.07 Å². The minimum absolute atomic E-state index is 0.0663. The summed E-state index contributed by atoms with van der Waals surface area (Å²) < 4.78 is 5.07. The Hall–Kier alpha value is -1.12. The number of hydrogen-bond acceptors (Lipinski definition) is 4. The number of likely N-dealkylation sites (N-methyl/N-ethyl adjacent to an activating group) is 1. The fourth-order valence-electron chi connectivity index (χ4n) is 0.795. The number of nitriles is 1. The van der Waals surface area contributed by atoms with Crippen LogP contribution in [0.25, 0.3) is 0 Å². The molecule has 0 aliphatic carbocycles. The summed E-state index contributed by atoms with van der Waals surface area (Å²) in [6, 6.07) is 1.94. The Morgan fingerprint density at radius 2 is 2.29 bits per heavy atom. The summed E-state index contributed by atoms with van der Waals surface area (Å²) in [5.74, 6) is -0.170. The number of nitrogens with one attached hydrogen (secondary N) is 2. The van der Waals surface area contributed by atoms with E-state index in [1.807, 2.05) is 13.0 Å². The summed E-state index contributed by atoms with van der Waals surface area (Å²) in [7, 11) is 0. The highest BCUT2D eigenvalue weighted by molar-refractivity contribution is 5.77. The van der Waals surface area contributed by atoms with Gasteiger partial charge in [-0.3, -0.25) is 4.79 Å². The fourth-order valence-corrected chi connectivity index (χ4v) is 0.795. The van der Waals surface area contributed by atoms with Gasteiger partial charge in [0.2, 0.25) is 5.91 Å². The van der Waals surface area contributed by atoms with Crippen LogP contribution in [-0.4, -0.2) is 38.8 Å². The van der Waals surface area contributed by atoms with Gasteiger partial charge in [-0.25, -0.2) is 0 Å². The van der Waals surface area contributed by atoms with Gasteiger partial charge in [-0.15, -0.1) is 0 Å². The zero-order chi connectivity index (χ0) is 10.6. The summed E-state index contributed by atoms with van der Waals surface area (Å²) in [5.41, 5.74) is 0. The maximum absolute atomic E-state index is 11.0. The molecular weight excluding hydrogens is 182 g/mol. The van der Waals surface area contributed by atoms with E-state index in [4.69, 9.17) is 10.00 Å². The molecule has 0 spiro atoms. The Labute approximate surface area is 84.4 Å². The number of carbonyl (C=O) groups is 1. The molecule has 14 heavy (non-hydrogen) atoms. The van der Waals surface area contributed by atoms with Gasteiger partial charge in [0.25, 0.3) is 0 Å². The molecule has 2 N–H and O–H groups in total. The zero-order valence-electron chi connectivity index (χ0n) is 8.51. The molecule has 0 atom stereocenters. The Morgan fingerprint density at radius 1 is 1.50 bits per heavy atom. The van der Waals surface area contributed by atoms with Crippen LogP contribution >= 0.6 is 0 Å². The Bertz CT molecular complexity index is 189. The van der Waals surface area contributed by atoms with Gasteiger partial charge in [-0.05, 0) is 6.54 Å². The van der Waals surface area contributed by atoms with Crippen molar-refractivity contribution in [2.75, 3.05) is 32.8 Å². The largest absolute Gasteiger partial charge is 0.370 e. The van der Waals surface area contributed by atoms with E-state index in [2.05, 4.69) is 10.6 Å². The third-order valence-corrected chi connectivity index (χ3v) is 1.47. The van der Waals surface area contributed by atoms with E-state index in [1.165, 1.54) is 0 Å². The van der Waals surface area contributed by atoms with Crippen molar-refractivity contribution >= 4 is 5.91 Å². The van der Waals surface area contributed by atoms with Crippen LogP contribution in [0.5, 0.6) is 0 Å². The molecule has 0 rings (SSSR count). The number of nitrogens with zero attached hydrogens (tertiary/aromatic N) is 1. The van der Waals surface area contributed by atoms with Crippen LogP contribution < -0.4 is 10.6 Å². The number of rotatable bonds is 8. The minimum atomic E-state index is -0.170. The van der Waals surface area contributed by atoms with E-state index in [9.17, 15) is 4.79 Å². The van der Waals surface area contributed by atoms with Gasteiger partial charge >= 0.3 is 0 Å². The van der Waals surface area contributed by atoms with Gasteiger partial charge in [0.05, 0.1) is 19.1 Å². The average molecular weight is 199 g/mol. The molecule has 0 bridgehead atoms. The van der Waals surface area contributed by atoms with Crippen LogP contribution in [-0.2, 0) is 9.53 Å². The SMILES string of the molecule is CCNCCOCC(=O)NCCC#N. The lowest BCUT2D eigenvalue weighted by Crippen LogP contribution is -2.29. The first-order chi connectivity index (χ1) is 6.81. The third kappa shape index (κ3) is 8.97. The monoisotopic (exact) mass is 199 g/mol. The second-order valence-corrected chi connectivity index (χ2v) is 2.66. The molecule has 0 aliphatic heterocycles. The summed E-state index contributed by atoms with van der Waals surface area (Å²) in [6.45, 7) is 4.65. The van der Waals surface area contributed by atoms with Crippen molar-refractivity contribution in [3.63, 3.8) is 0 Å². The molecule has 0 unspecified atom stereocenters. The summed E-state index contributed by atoms with van der Waals surface area (Å²) >= 11 is 0. The second kappa shape index (κ2) is 9.96. The lowest BCUT2D eigenvalue weighted by Gasteiger charge is -2.04. The zero-order valence-corrected chi connectivity index (χ0v) is 8.51. The number of hydrogen-bond donors (Lipinski definition) is 2. The van der Waals surface area contributed by atoms with E-state index in [0.29, 0.717) is 19.6 Å². The van der Waals surface area contributed by atoms with Gasteiger partial charge in [0, 0.05) is 13.1 Å². The van der Waals surface area contributed by atoms with Gasteiger partial charge in [-0.1, -0.05) is 6.92 Å². The summed E-state index contributed by atoms with van der Waals surface area (Å²) in [6.07, 6.45) is 0.336. The molecule has 0 aromatic rings. The molecule has 0 aliphatic rings. The average Bonchev–Trinajstić information content (AvgIpc) is 2.18. The quantitative estimate of drug-likeness (QED) is 0.524. The van der Waals surface area contributed by atoms with Crippen molar-refractivity contribution in [1.29, 1.82) is 5.26 Å². The van der Waals surface area contributed by atoms with Gasteiger partial charge in [0.15, 0.2) is 0 Å². The highest BCUT2D eigenvalue weighted by Gasteiger charge is 1.98. The lowest BCUT2D eigenvalue weighted by molar-refractivity contribution is -0.125. The van der Waals surface area contributed by atoms with Crippen LogP contribution in [0.3, 0.4) is 0 Å². The summed E-state index contributed by atoms with van der Waals surface area (Å²) in [5, 5.41) is 13.9. The highest BCUT2D eigenvalue weighted by Crippen LogP contribution is 1.76. The van der Waals surface area contributed by atoms with Gasteiger partial charge in [0.1, 0.15) is 6.61 Å². The van der Waals surface area contributed by atoms with Crippen molar-refractivity contribution in [1.82, 2.24) is 10.6 Å². The number of amides is 1. The van der Waals surface area contributed by atoms with Crippen molar-refractivity contribution in [2.45, 2.75) is 13.3 Å². The van der Waals surface area contributed by atoms with Crippen LogP contribution in [0.4, 0.5) is 0 Å². The molecule has 0 saturated heterocycles. The molecule has 0 heterocycles. The maximum atomic E-state index is 11.0. The molecule has 0 fully saturated rings. The number of carbonyl (C=O) groups excluding carboxylic acids is 1. The van der Waals surface area contributed by atoms with Crippen LogP contribution in [0, 0.1) is 11.3 Å². The Morgan fingerprint density at radius 3 is 2.93 bits per heavy atom. The van der Waals surface area contributed by atoms with Crippen LogP contribution in [0.2, 0.25) is 0 Å². The fraction of sp³-hybridized carbons (Fsp3) is 0.778. The van der Waals surface area contributed by atoms with E-state index in [0.717, 1.165) is 13.1 Å².